The number of hydrogen-bond donors (Lipinski definition) is 0. The van der Waals surface area contributed by atoms with Gasteiger partial charge in [-0.2, -0.15) is 0 Å². The van der Waals surface area contributed by atoms with Gasteiger partial charge in [-0.25, -0.2) is 0 Å². The van der Waals surface area contributed by atoms with E-state index in [1.165, 1.54) is 25.7 Å². The summed E-state index contributed by atoms with van der Waals surface area (Å²) >= 11 is 5.24. The Morgan fingerprint density at radius 3 is 2.47 bits per heavy atom. The minimum Gasteiger partial charge on any atom is -0.293 e. The Kier molecular flexibility index (Phi) is 4.69. The first-order valence-corrected chi connectivity index (χ1v) is 7.85. The third kappa shape index (κ3) is 3.59. The molecule has 1 saturated carbocycles. The number of benzene rings is 1. The summed E-state index contributed by atoms with van der Waals surface area (Å²) in [6, 6.07) is 7.66. The van der Waals surface area contributed by atoms with Crippen LogP contribution in [0.4, 0.5) is 0 Å². The van der Waals surface area contributed by atoms with Gasteiger partial charge in [-0.1, -0.05) is 40.9 Å². The lowest BCUT2D eigenvalue weighted by atomic mass is 10.1. The van der Waals surface area contributed by atoms with E-state index in [4.69, 9.17) is 0 Å². The van der Waals surface area contributed by atoms with Gasteiger partial charge in [0.15, 0.2) is 5.78 Å². The molecule has 1 unspecified atom stereocenters. The molecule has 1 aliphatic carbocycles. The maximum absolute atomic E-state index is 12.2. The van der Waals surface area contributed by atoms with Crippen molar-refractivity contribution < 1.29 is 4.79 Å². The number of ketones is 1. The molecule has 1 aliphatic rings. The number of carbonyl (C=O) groups is 1. The third-order valence-corrected chi connectivity index (χ3v) is 5.20. The molecule has 17 heavy (non-hydrogen) atoms. The molecule has 0 aromatic heterocycles. The van der Waals surface area contributed by atoms with Crippen molar-refractivity contribution in [3.05, 3.63) is 34.3 Å². The van der Waals surface area contributed by atoms with Gasteiger partial charge in [0.2, 0.25) is 0 Å². The largest absolute Gasteiger partial charge is 0.293 e. The van der Waals surface area contributed by atoms with E-state index in [2.05, 4.69) is 15.9 Å². The lowest BCUT2D eigenvalue weighted by Gasteiger charge is -2.15. The molecule has 1 fully saturated rings. The SMILES string of the molecule is CC(SC1CCCC1)C(=O)c1ccc(Br)cc1. The van der Waals surface area contributed by atoms with Crippen LogP contribution in [-0.2, 0) is 0 Å². The first-order valence-electron chi connectivity index (χ1n) is 6.12. The standard InChI is InChI=1S/C14H17BrOS/c1-10(17-13-4-2-3-5-13)14(16)11-6-8-12(15)9-7-11/h6-10,13H,2-5H2,1H3. The Morgan fingerprint density at radius 2 is 1.88 bits per heavy atom. The average Bonchev–Trinajstić information content (AvgIpc) is 2.82. The molecule has 1 nitrogen and oxygen atoms in total. The Balaban J connectivity index is 1.96. The summed E-state index contributed by atoms with van der Waals surface area (Å²) < 4.78 is 1.02. The van der Waals surface area contributed by atoms with Crippen LogP contribution in [0.5, 0.6) is 0 Å². The zero-order valence-electron chi connectivity index (χ0n) is 9.99. The second-order valence-corrected chi connectivity index (χ2v) is 7.12. The molecule has 1 aromatic rings. The van der Waals surface area contributed by atoms with Crippen molar-refractivity contribution in [2.24, 2.45) is 0 Å². The van der Waals surface area contributed by atoms with E-state index in [1.807, 2.05) is 43.0 Å². The van der Waals surface area contributed by atoms with Gasteiger partial charge >= 0.3 is 0 Å². The van der Waals surface area contributed by atoms with Crippen molar-refractivity contribution in [2.75, 3.05) is 0 Å². The molecule has 0 amide bonds. The van der Waals surface area contributed by atoms with Gasteiger partial charge in [0.25, 0.3) is 0 Å². The van der Waals surface area contributed by atoms with E-state index in [1.54, 1.807) is 0 Å². The van der Waals surface area contributed by atoms with E-state index in [0.29, 0.717) is 5.25 Å². The lowest BCUT2D eigenvalue weighted by molar-refractivity contribution is 0.0994. The molecule has 0 radical (unpaired) electrons. The zero-order valence-corrected chi connectivity index (χ0v) is 12.4. The third-order valence-electron chi connectivity index (χ3n) is 3.20. The molecule has 92 valence electrons. The van der Waals surface area contributed by atoms with Crippen molar-refractivity contribution in [2.45, 2.75) is 43.1 Å². The van der Waals surface area contributed by atoms with Crippen LogP contribution >= 0.6 is 27.7 Å². The molecule has 0 heterocycles. The van der Waals surface area contributed by atoms with Crippen LogP contribution in [-0.4, -0.2) is 16.3 Å². The van der Waals surface area contributed by atoms with Crippen molar-refractivity contribution in [3.63, 3.8) is 0 Å². The summed E-state index contributed by atoms with van der Waals surface area (Å²) in [6.07, 6.45) is 5.22. The number of thioether (sulfide) groups is 1. The second kappa shape index (κ2) is 6.05. The summed E-state index contributed by atoms with van der Waals surface area (Å²) in [5, 5.41) is 0.781. The normalized spacial score (nSPS) is 18.2. The lowest BCUT2D eigenvalue weighted by Crippen LogP contribution is -2.16. The molecule has 0 bridgehead atoms. The van der Waals surface area contributed by atoms with Crippen LogP contribution in [0.3, 0.4) is 0 Å². The summed E-state index contributed by atoms with van der Waals surface area (Å²) in [5.41, 5.74) is 0.825. The maximum Gasteiger partial charge on any atom is 0.175 e. The summed E-state index contributed by atoms with van der Waals surface area (Å²) in [5.74, 6) is 0.259. The number of halogens is 1. The first-order chi connectivity index (χ1) is 8.16. The quantitative estimate of drug-likeness (QED) is 0.750. The summed E-state index contributed by atoms with van der Waals surface area (Å²) in [4.78, 5) is 12.2. The van der Waals surface area contributed by atoms with Crippen LogP contribution in [0.1, 0.15) is 43.0 Å². The summed E-state index contributed by atoms with van der Waals surface area (Å²) in [7, 11) is 0. The second-order valence-electron chi connectivity index (χ2n) is 4.56. The Bertz CT molecular complexity index is 382. The fraction of sp³-hybridized carbons (Fsp3) is 0.500. The van der Waals surface area contributed by atoms with Gasteiger partial charge in [-0.15, -0.1) is 11.8 Å². The van der Waals surface area contributed by atoms with E-state index in [0.717, 1.165) is 10.0 Å². The van der Waals surface area contributed by atoms with Gasteiger partial charge in [-0.05, 0) is 31.9 Å². The van der Waals surface area contributed by atoms with Crippen LogP contribution in [0.2, 0.25) is 0 Å². The molecule has 3 heteroatoms. The highest BCUT2D eigenvalue weighted by Crippen LogP contribution is 2.33. The van der Waals surface area contributed by atoms with Gasteiger partial charge in [0, 0.05) is 15.3 Å². The Labute approximate surface area is 115 Å². The fourth-order valence-electron chi connectivity index (χ4n) is 2.22. The maximum atomic E-state index is 12.2. The monoisotopic (exact) mass is 312 g/mol. The topological polar surface area (TPSA) is 17.1 Å². The Morgan fingerprint density at radius 1 is 1.29 bits per heavy atom. The highest BCUT2D eigenvalue weighted by molar-refractivity contribution is 9.10. The first kappa shape index (κ1) is 13.2. The van der Waals surface area contributed by atoms with Crippen molar-refractivity contribution in [1.29, 1.82) is 0 Å². The molecule has 1 atom stereocenters. The van der Waals surface area contributed by atoms with E-state index in [9.17, 15) is 4.79 Å². The minimum absolute atomic E-state index is 0.0827. The van der Waals surface area contributed by atoms with Crippen LogP contribution < -0.4 is 0 Å². The van der Waals surface area contributed by atoms with Gasteiger partial charge < -0.3 is 0 Å². The molecular weight excluding hydrogens is 296 g/mol. The van der Waals surface area contributed by atoms with Crippen molar-refractivity contribution >= 4 is 33.5 Å². The van der Waals surface area contributed by atoms with Crippen molar-refractivity contribution in [1.82, 2.24) is 0 Å². The number of Topliss-reactive ketones (excluding diaryl/α,β-unsaturated/α-hetero) is 1. The smallest absolute Gasteiger partial charge is 0.175 e. The molecule has 0 aliphatic heterocycles. The fourth-order valence-corrected chi connectivity index (χ4v) is 3.93. The average molecular weight is 313 g/mol. The molecule has 1 aromatic carbocycles. The predicted octanol–water partition coefficient (Wildman–Crippen LogP) is 4.70. The predicted molar refractivity (Wildman–Crippen MR) is 77.8 cm³/mol. The van der Waals surface area contributed by atoms with Crippen LogP contribution in [0.15, 0.2) is 28.7 Å². The summed E-state index contributed by atoms with van der Waals surface area (Å²) in [6.45, 7) is 2.04. The Hall–Kier alpha value is -0.280. The van der Waals surface area contributed by atoms with Crippen molar-refractivity contribution in [3.8, 4) is 0 Å². The number of carbonyl (C=O) groups excluding carboxylic acids is 1. The molecule has 2 rings (SSSR count). The van der Waals surface area contributed by atoms with Gasteiger partial charge in [0.1, 0.15) is 0 Å². The number of hydrogen-bond acceptors (Lipinski definition) is 2. The van der Waals surface area contributed by atoms with Gasteiger partial charge in [-0.3, -0.25) is 4.79 Å². The van der Waals surface area contributed by atoms with Crippen LogP contribution in [0, 0.1) is 0 Å². The molecular formula is C14H17BrOS. The van der Waals surface area contributed by atoms with Gasteiger partial charge in [0.05, 0.1) is 5.25 Å². The highest BCUT2D eigenvalue weighted by atomic mass is 79.9. The molecule has 0 saturated heterocycles. The minimum atomic E-state index is 0.0827. The van der Waals surface area contributed by atoms with E-state index in [-0.39, 0.29) is 11.0 Å². The van der Waals surface area contributed by atoms with E-state index < -0.39 is 0 Å². The molecule has 0 N–H and O–H groups in total. The zero-order chi connectivity index (χ0) is 12.3. The van der Waals surface area contributed by atoms with Crippen LogP contribution in [0.25, 0.3) is 0 Å². The number of rotatable bonds is 4. The highest BCUT2D eigenvalue weighted by Gasteiger charge is 2.22. The van der Waals surface area contributed by atoms with E-state index >= 15 is 0 Å². The molecule has 0 spiro atoms.